The summed E-state index contributed by atoms with van der Waals surface area (Å²) in [5.41, 5.74) is 0. The van der Waals surface area contributed by atoms with Gasteiger partial charge in [-0.3, -0.25) is 12.2 Å². The maximum Gasteiger partial charge on any atom is 4.00 e. The SMILES string of the molecule is CCC(C)[N-]C(C)CC.CCC(C)[N-]C(C)CC.[C-]1=CC=CC1.[C-]1=CC=CC1.[Ti+4]. The van der Waals surface area contributed by atoms with Gasteiger partial charge in [0.25, 0.3) is 0 Å². The summed E-state index contributed by atoms with van der Waals surface area (Å²) in [5, 5.41) is 9.03. The van der Waals surface area contributed by atoms with Crippen LogP contribution in [0.5, 0.6) is 0 Å². The van der Waals surface area contributed by atoms with Gasteiger partial charge in [-0.2, -0.15) is 12.2 Å². The van der Waals surface area contributed by atoms with Crippen LogP contribution < -0.4 is 0 Å². The van der Waals surface area contributed by atoms with Crippen molar-refractivity contribution in [3.63, 3.8) is 0 Å². The monoisotopic (exact) mass is 434 g/mol. The summed E-state index contributed by atoms with van der Waals surface area (Å²) in [5.74, 6) is 0. The van der Waals surface area contributed by atoms with Gasteiger partial charge in [0.15, 0.2) is 0 Å². The van der Waals surface area contributed by atoms with Crippen LogP contribution in [0.1, 0.15) is 93.9 Å². The van der Waals surface area contributed by atoms with E-state index in [0.29, 0.717) is 24.2 Å². The summed E-state index contributed by atoms with van der Waals surface area (Å²) in [6.45, 7) is 17.4. The maximum atomic E-state index is 4.51. The smallest absolute Gasteiger partial charge is 0.657 e. The summed E-state index contributed by atoms with van der Waals surface area (Å²) in [6, 6.07) is 2.22. The molecule has 2 rings (SSSR count). The molecule has 0 spiro atoms. The van der Waals surface area contributed by atoms with Crippen LogP contribution in [0.3, 0.4) is 0 Å². The predicted octanol–water partition coefficient (Wildman–Crippen LogP) is 8.52. The molecule has 0 aromatic carbocycles. The summed E-state index contributed by atoms with van der Waals surface area (Å²) in [4.78, 5) is 0. The molecular weight excluding hydrogens is 388 g/mol. The van der Waals surface area contributed by atoms with Crippen LogP contribution in [0.2, 0.25) is 0 Å². The van der Waals surface area contributed by atoms with Crippen molar-refractivity contribution in [3.8, 4) is 0 Å². The molecule has 0 amide bonds. The van der Waals surface area contributed by atoms with Gasteiger partial charge in [-0.05, 0) is 0 Å². The molecule has 0 fully saturated rings. The zero-order valence-corrected chi connectivity index (χ0v) is 22.0. The average Bonchev–Trinajstić information content (AvgIpc) is 3.46. The van der Waals surface area contributed by atoms with Crippen molar-refractivity contribution in [2.75, 3.05) is 0 Å². The number of allylic oxidation sites excluding steroid dienone is 8. The molecule has 0 bridgehead atoms. The average molecular weight is 435 g/mol. The molecule has 0 saturated carbocycles. The summed E-state index contributed by atoms with van der Waals surface area (Å²) in [6.07, 6.45) is 24.7. The number of hydrogen-bond donors (Lipinski definition) is 0. The predicted molar refractivity (Wildman–Crippen MR) is 129 cm³/mol. The largest absolute Gasteiger partial charge is 4.00 e. The Morgan fingerprint density at radius 1 is 0.621 bits per heavy atom. The first-order valence-electron chi connectivity index (χ1n) is 11.2. The van der Waals surface area contributed by atoms with Gasteiger partial charge >= 0.3 is 21.7 Å². The maximum absolute atomic E-state index is 4.51. The van der Waals surface area contributed by atoms with Gasteiger partial charge in [-0.15, -0.1) is 37.0 Å². The van der Waals surface area contributed by atoms with Crippen LogP contribution in [0.25, 0.3) is 10.6 Å². The van der Waals surface area contributed by atoms with Crippen LogP contribution >= 0.6 is 0 Å². The number of nitrogens with zero attached hydrogens (tertiary/aromatic N) is 2. The first-order valence-corrected chi connectivity index (χ1v) is 11.2. The third kappa shape index (κ3) is 27.6. The van der Waals surface area contributed by atoms with Gasteiger partial charge in [0.2, 0.25) is 0 Å². The second-order valence-corrected chi connectivity index (χ2v) is 7.33. The fourth-order valence-corrected chi connectivity index (χ4v) is 1.97. The molecule has 2 aliphatic rings. The molecule has 0 N–H and O–H groups in total. The first-order chi connectivity index (χ1) is 13.4. The minimum Gasteiger partial charge on any atom is -0.657 e. The van der Waals surface area contributed by atoms with E-state index in [0.717, 1.165) is 12.8 Å². The Kier molecular flexibility index (Phi) is 29.4. The molecule has 0 saturated heterocycles. The second-order valence-electron chi connectivity index (χ2n) is 7.33. The Labute approximate surface area is 198 Å². The molecule has 0 aliphatic heterocycles. The van der Waals surface area contributed by atoms with E-state index < -0.39 is 0 Å². The first kappa shape index (κ1) is 33.2. The Hall–Kier alpha value is -0.406. The van der Waals surface area contributed by atoms with E-state index in [4.69, 9.17) is 0 Å². The van der Waals surface area contributed by atoms with E-state index in [-0.39, 0.29) is 21.7 Å². The minimum absolute atomic E-state index is 0. The van der Waals surface area contributed by atoms with E-state index in [9.17, 15) is 0 Å². The Bertz CT molecular complexity index is 350. The zero-order valence-electron chi connectivity index (χ0n) is 20.4. The van der Waals surface area contributed by atoms with Crippen molar-refractivity contribution >= 4 is 0 Å². The summed E-state index contributed by atoms with van der Waals surface area (Å²) >= 11 is 0. The molecule has 2 aliphatic carbocycles. The molecular formula is C26H46N2Ti. The Morgan fingerprint density at radius 3 is 1.00 bits per heavy atom. The van der Waals surface area contributed by atoms with Crippen LogP contribution in [0.15, 0.2) is 36.5 Å². The zero-order chi connectivity index (χ0) is 21.6. The van der Waals surface area contributed by atoms with Crippen molar-refractivity contribution in [1.29, 1.82) is 0 Å². The second kappa shape index (κ2) is 25.6. The molecule has 29 heavy (non-hydrogen) atoms. The molecule has 2 nitrogen and oxygen atoms in total. The van der Waals surface area contributed by atoms with E-state index >= 15 is 0 Å². The quantitative estimate of drug-likeness (QED) is 0.270. The summed E-state index contributed by atoms with van der Waals surface area (Å²) < 4.78 is 0. The topological polar surface area (TPSA) is 28.2 Å². The van der Waals surface area contributed by atoms with Crippen molar-refractivity contribution in [2.24, 2.45) is 0 Å². The third-order valence-corrected chi connectivity index (χ3v) is 4.55. The van der Waals surface area contributed by atoms with E-state index in [1.165, 1.54) is 25.7 Å². The van der Waals surface area contributed by atoms with Crippen LogP contribution in [0, 0.1) is 12.2 Å². The molecule has 0 heterocycles. The minimum atomic E-state index is 0. The third-order valence-electron chi connectivity index (χ3n) is 4.55. The van der Waals surface area contributed by atoms with Gasteiger partial charge in [0.05, 0.1) is 0 Å². The molecule has 0 radical (unpaired) electrons. The van der Waals surface area contributed by atoms with E-state index in [1.807, 2.05) is 24.3 Å². The molecule has 0 aromatic heterocycles. The van der Waals surface area contributed by atoms with Gasteiger partial charge in [0, 0.05) is 0 Å². The van der Waals surface area contributed by atoms with Crippen molar-refractivity contribution in [1.82, 2.24) is 0 Å². The molecule has 164 valence electrons. The van der Waals surface area contributed by atoms with Crippen molar-refractivity contribution in [3.05, 3.63) is 59.2 Å². The molecule has 4 atom stereocenters. The summed E-state index contributed by atoms with van der Waals surface area (Å²) in [7, 11) is 0. The van der Waals surface area contributed by atoms with Gasteiger partial charge in [-0.1, -0.05) is 81.1 Å². The normalized spacial score (nSPS) is 16.8. The van der Waals surface area contributed by atoms with Crippen molar-refractivity contribution < 1.29 is 21.7 Å². The fraction of sp³-hybridized carbons (Fsp3) is 0.692. The van der Waals surface area contributed by atoms with E-state index in [2.05, 4.69) is 90.3 Å². The molecule has 0 aromatic rings. The number of rotatable bonds is 8. The molecule has 3 heteroatoms. The van der Waals surface area contributed by atoms with Crippen LogP contribution in [0.4, 0.5) is 0 Å². The van der Waals surface area contributed by atoms with Gasteiger partial charge < -0.3 is 10.6 Å². The van der Waals surface area contributed by atoms with Crippen molar-refractivity contribution in [2.45, 2.75) is 118 Å². The number of hydrogen-bond acceptors (Lipinski definition) is 0. The van der Waals surface area contributed by atoms with Gasteiger partial charge in [0.1, 0.15) is 0 Å². The fourth-order valence-electron chi connectivity index (χ4n) is 1.97. The standard InChI is InChI=1S/2C8H18N.2C5H5.Ti/c2*1-5-7(3)9-8(4)6-2;2*1-2-4-5-3-1;/h2*7-8H,5-6H2,1-4H3;2*1-3H,4H2;/q4*-1;+4. The molecule has 4 unspecified atom stereocenters. The van der Waals surface area contributed by atoms with E-state index in [1.54, 1.807) is 0 Å². The Morgan fingerprint density at radius 2 is 0.897 bits per heavy atom. The van der Waals surface area contributed by atoms with Gasteiger partial charge in [-0.25, -0.2) is 24.3 Å². The van der Waals surface area contributed by atoms with Crippen LogP contribution in [-0.4, -0.2) is 24.2 Å². The van der Waals surface area contributed by atoms with Crippen LogP contribution in [-0.2, 0) is 21.7 Å². The Balaban J connectivity index is -0.000000316.